The minimum Gasteiger partial charge on any atom is -0.357 e. The van der Waals surface area contributed by atoms with Gasteiger partial charge in [0.25, 0.3) is 0 Å². The van der Waals surface area contributed by atoms with Crippen LogP contribution in [0, 0.1) is 5.92 Å². The highest BCUT2D eigenvalue weighted by atomic mass is 19.4. The Morgan fingerprint density at radius 2 is 1.91 bits per heavy atom. The van der Waals surface area contributed by atoms with Gasteiger partial charge in [-0.25, -0.2) is 0 Å². The van der Waals surface area contributed by atoms with E-state index in [2.05, 4.69) is 15.6 Å². The van der Waals surface area contributed by atoms with E-state index in [4.69, 9.17) is 0 Å². The molecule has 1 atom stereocenters. The number of halogens is 3. The second kappa shape index (κ2) is 8.76. The van der Waals surface area contributed by atoms with Gasteiger partial charge in [-0.05, 0) is 38.6 Å². The summed E-state index contributed by atoms with van der Waals surface area (Å²) >= 11 is 0. The molecule has 1 aliphatic carbocycles. The number of nitrogens with zero attached hydrogens (tertiary/aromatic N) is 2. The van der Waals surface area contributed by atoms with Gasteiger partial charge in [-0.1, -0.05) is 19.3 Å². The van der Waals surface area contributed by atoms with Crippen molar-refractivity contribution in [3.05, 3.63) is 0 Å². The zero-order chi connectivity index (χ0) is 16.7. The van der Waals surface area contributed by atoms with Gasteiger partial charge in [-0.15, -0.1) is 0 Å². The predicted molar refractivity (Wildman–Crippen MR) is 86.6 cm³/mol. The molecule has 0 aromatic carbocycles. The molecule has 2 N–H and O–H groups in total. The molecule has 1 saturated carbocycles. The fraction of sp³-hybridized carbons (Fsp3) is 0.938. The van der Waals surface area contributed by atoms with Gasteiger partial charge in [0.2, 0.25) is 0 Å². The Bertz CT molecular complexity index is 378. The summed E-state index contributed by atoms with van der Waals surface area (Å²) in [4.78, 5) is 6.09. The SMILES string of the molecule is CCNC(=NCC1CCN(CC(F)(F)F)C1)NC1CCCCC1. The number of guanidine groups is 1. The van der Waals surface area contributed by atoms with Crippen molar-refractivity contribution >= 4 is 5.96 Å². The molecule has 23 heavy (non-hydrogen) atoms. The smallest absolute Gasteiger partial charge is 0.357 e. The van der Waals surface area contributed by atoms with Crippen molar-refractivity contribution in [1.82, 2.24) is 15.5 Å². The first-order valence-corrected chi connectivity index (χ1v) is 8.80. The molecule has 0 amide bonds. The molecule has 4 nitrogen and oxygen atoms in total. The molecule has 1 aliphatic heterocycles. The topological polar surface area (TPSA) is 39.7 Å². The number of hydrogen-bond acceptors (Lipinski definition) is 2. The average Bonchev–Trinajstić information content (AvgIpc) is 2.91. The number of hydrogen-bond donors (Lipinski definition) is 2. The molecular formula is C16H29F3N4. The zero-order valence-electron chi connectivity index (χ0n) is 14.0. The standard InChI is InChI=1S/C16H29F3N4/c1-2-20-15(22-14-6-4-3-5-7-14)21-10-13-8-9-23(11-13)12-16(17,18)19/h13-14H,2-12H2,1H3,(H2,20,21,22). The zero-order valence-corrected chi connectivity index (χ0v) is 14.0. The van der Waals surface area contributed by atoms with Gasteiger partial charge in [0.1, 0.15) is 0 Å². The van der Waals surface area contributed by atoms with E-state index in [1.54, 1.807) is 0 Å². The van der Waals surface area contributed by atoms with Crippen LogP contribution in [0.15, 0.2) is 4.99 Å². The Labute approximate surface area is 136 Å². The van der Waals surface area contributed by atoms with Crippen LogP contribution in [-0.2, 0) is 0 Å². The Morgan fingerprint density at radius 3 is 2.57 bits per heavy atom. The maximum atomic E-state index is 12.4. The molecule has 7 heteroatoms. The molecule has 1 heterocycles. The summed E-state index contributed by atoms with van der Waals surface area (Å²) in [5.41, 5.74) is 0. The molecule has 134 valence electrons. The largest absolute Gasteiger partial charge is 0.401 e. The Kier molecular flexibility index (Phi) is 6.99. The summed E-state index contributed by atoms with van der Waals surface area (Å²) in [5.74, 6) is 1.04. The lowest BCUT2D eigenvalue weighted by Crippen LogP contribution is -2.44. The van der Waals surface area contributed by atoms with Crippen LogP contribution < -0.4 is 10.6 Å². The highest BCUT2D eigenvalue weighted by Gasteiger charge is 2.34. The van der Waals surface area contributed by atoms with Crippen LogP contribution in [0.3, 0.4) is 0 Å². The van der Waals surface area contributed by atoms with Crippen LogP contribution in [0.4, 0.5) is 13.2 Å². The number of aliphatic imine (C=N–C) groups is 1. The summed E-state index contributed by atoms with van der Waals surface area (Å²) in [7, 11) is 0. The van der Waals surface area contributed by atoms with Crippen LogP contribution in [0.1, 0.15) is 45.4 Å². The first-order valence-electron chi connectivity index (χ1n) is 8.80. The normalized spacial score (nSPS) is 24.9. The maximum absolute atomic E-state index is 12.4. The number of alkyl halides is 3. The third kappa shape index (κ3) is 6.97. The van der Waals surface area contributed by atoms with Crippen LogP contribution in [-0.4, -0.2) is 55.8 Å². The van der Waals surface area contributed by atoms with Crippen LogP contribution in [0.2, 0.25) is 0 Å². The number of likely N-dealkylation sites (tertiary alicyclic amines) is 1. The molecule has 0 bridgehead atoms. The number of rotatable bonds is 5. The monoisotopic (exact) mass is 334 g/mol. The molecule has 1 unspecified atom stereocenters. The van der Waals surface area contributed by atoms with Gasteiger partial charge in [0.05, 0.1) is 6.54 Å². The molecular weight excluding hydrogens is 305 g/mol. The van der Waals surface area contributed by atoms with E-state index < -0.39 is 12.7 Å². The lowest BCUT2D eigenvalue weighted by Gasteiger charge is -2.25. The molecule has 0 spiro atoms. The fourth-order valence-electron chi connectivity index (χ4n) is 3.44. The van der Waals surface area contributed by atoms with Gasteiger partial charge >= 0.3 is 6.18 Å². The minimum atomic E-state index is -4.10. The van der Waals surface area contributed by atoms with E-state index in [0.29, 0.717) is 25.7 Å². The predicted octanol–water partition coefficient (Wildman–Crippen LogP) is 2.76. The second-order valence-corrected chi connectivity index (χ2v) is 6.70. The molecule has 0 aromatic rings. The van der Waals surface area contributed by atoms with E-state index in [0.717, 1.165) is 18.9 Å². The minimum absolute atomic E-state index is 0.221. The quantitative estimate of drug-likeness (QED) is 0.600. The van der Waals surface area contributed by atoms with E-state index in [1.165, 1.54) is 37.0 Å². The van der Waals surface area contributed by atoms with Crippen molar-refractivity contribution in [2.75, 3.05) is 32.7 Å². The van der Waals surface area contributed by atoms with E-state index >= 15 is 0 Å². The van der Waals surface area contributed by atoms with Crippen molar-refractivity contribution in [2.45, 2.75) is 57.7 Å². The Morgan fingerprint density at radius 1 is 1.17 bits per heavy atom. The van der Waals surface area contributed by atoms with E-state index in [1.807, 2.05) is 6.92 Å². The maximum Gasteiger partial charge on any atom is 0.401 e. The van der Waals surface area contributed by atoms with Crippen molar-refractivity contribution in [3.8, 4) is 0 Å². The van der Waals surface area contributed by atoms with Gasteiger partial charge in [0.15, 0.2) is 5.96 Å². The van der Waals surface area contributed by atoms with Crippen molar-refractivity contribution in [3.63, 3.8) is 0 Å². The molecule has 2 fully saturated rings. The van der Waals surface area contributed by atoms with Crippen molar-refractivity contribution in [2.24, 2.45) is 10.9 Å². The highest BCUT2D eigenvalue weighted by Crippen LogP contribution is 2.23. The molecule has 2 aliphatic rings. The molecule has 2 rings (SSSR count). The lowest BCUT2D eigenvalue weighted by molar-refractivity contribution is -0.143. The lowest BCUT2D eigenvalue weighted by atomic mass is 9.96. The highest BCUT2D eigenvalue weighted by molar-refractivity contribution is 5.80. The van der Waals surface area contributed by atoms with Crippen molar-refractivity contribution in [1.29, 1.82) is 0 Å². The fourth-order valence-corrected chi connectivity index (χ4v) is 3.44. The average molecular weight is 334 g/mol. The van der Waals surface area contributed by atoms with Crippen molar-refractivity contribution < 1.29 is 13.2 Å². The molecule has 0 aromatic heterocycles. The summed E-state index contributed by atoms with van der Waals surface area (Å²) in [6.45, 7) is 3.63. The molecule has 1 saturated heterocycles. The first-order chi connectivity index (χ1) is 11.0. The van der Waals surface area contributed by atoms with E-state index in [9.17, 15) is 13.2 Å². The van der Waals surface area contributed by atoms with Gasteiger partial charge in [-0.3, -0.25) is 9.89 Å². The van der Waals surface area contributed by atoms with Crippen LogP contribution >= 0.6 is 0 Å². The third-order valence-electron chi connectivity index (χ3n) is 4.57. The van der Waals surface area contributed by atoms with Crippen LogP contribution in [0.25, 0.3) is 0 Å². The summed E-state index contributed by atoms with van der Waals surface area (Å²) < 4.78 is 37.3. The van der Waals surface area contributed by atoms with E-state index in [-0.39, 0.29) is 5.92 Å². The Balaban J connectivity index is 1.78. The summed E-state index contributed by atoms with van der Waals surface area (Å²) in [5, 5.41) is 6.72. The molecule has 0 radical (unpaired) electrons. The van der Waals surface area contributed by atoms with Gasteiger partial charge < -0.3 is 10.6 Å². The summed E-state index contributed by atoms with van der Waals surface area (Å²) in [6, 6.07) is 0.479. The van der Waals surface area contributed by atoms with Gasteiger partial charge in [0, 0.05) is 25.7 Å². The Hall–Kier alpha value is -0.980. The summed E-state index contributed by atoms with van der Waals surface area (Å²) in [6.07, 6.45) is 2.86. The van der Waals surface area contributed by atoms with Gasteiger partial charge in [-0.2, -0.15) is 13.2 Å². The number of nitrogens with one attached hydrogen (secondary N) is 2. The second-order valence-electron chi connectivity index (χ2n) is 6.70. The van der Waals surface area contributed by atoms with Crippen LogP contribution in [0.5, 0.6) is 0 Å². The third-order valence-corrected chi connectivity index (χ3v) is 4.57. The first kappa shape index (κ1) is 18.4.